The van der Waals surface area contributed by atoms with Gasteiger partial charge in [-0.3, -0.25) is 4.79 Å². The van der Waals surface area contributed by atoms with Gasteiger partial charge in [-0.25, -0.2) is 9.37 Å². The molecular formula is C11H9FN2O2S. The van der Waals surface area contributed by atoms with Gasteiger partial charge in [0.25, 0.3) is 0 Å². The summed E-state index contributed by atoms with van der Waals surface area (Å²) in [7, 11) is 0. The topological polar surface area (TPSA) is 62.2 Å². The van der Waals surface area contributed by atoms with Crippen LogP contribution in [0, 0.1) is 5.82 Å². The van der Waals surface area contributed by atoms with Crippen LogP contribution in [0.3, 0.4) is 0 Å². The molecule has 1 aromatic heterocycles. The molecule has 0 atom stereocenters. The molecule has 2 rings (SSSR count). The Hall–Kier alpha value is -1.95. The van der Waals surface area contributed by atoms with Crippen molar-refractivity contribution in [3.63, 3.8) is 0 Å². The molecule has 0 fully saturated rings. The number of carboxylic acids is 1. The maximum absolute atomic E-state index is 12.7. The van der Waals surface area contributed by atoms with Crippen molar-refractivity contribution in [2.45, 2.75) is 6.42 Å². The van der Waals surface area contributed by atoms with E-state index in [9.17, 15) is 9.18 Å². The van der Waals surface area contributed by atoms with Gasteiger partial charge in [0.15, 0.2) is 5.13 Å². The lowest BCUT2D eigenvalue weighted by Crippen LogP contribution is -2.00. The number of rotatable bonds is 4. The molecule has 2 N–H and O–H groups in total. The second kappa shape index (κ2) is 4.92. The van der Waals surface area contributed by atoms with E-state index < -0.39 is 5.97 Å². The van der Waals surface area contributed by atoms with Gasteiger partial charge in [0.05, 0.1) is 12.1 Å². The lowest BCUT2D eigenvalue weighted by molar-refractivity contribution is -0.136. The summed E-state index contributed by atoms with van der Waals surface area (Å²) in [6.45, 7) is 0. The Balaban J connectivity index is 2.06. The maximum Gasteiger partial charge on any atom is 0.309 e. The fourth-order valence-corrected chi connectivity index (χ4v) is 1.99. The number of nitrogens with one attached hydrogen (secondary N) is 1. The zero-order chi connectivity index (χ0) is 12.3. The van der Waals surface area contributed by atoms with Crippen LogP contribution in [0.1, 0.15) is 5.69 Å². The normalized spacial score (nSPS) is 10.2. The van der Waals surface area contributed by atoms with Crippen LogP contribution in [0.25, 0.3) is 0 Å². The number of aromatic nitrogens is 1. The molecule has 0 amide bonds. The van der Waals surface area contributed by atoms with E-state index in [2.05, 4.69) is 10.3 Å². The fraction of sp³-hybridized carbons (Fsp3) is 0.0909. The van der Waals surface area contributed by atoms with E-state index >= 15 is 0 Å². The summed E-state index contributed by atoms with van der Waals surface area (Å²) in [5.74, 6) is -1.22. The average molecular weight is 252 g/mol. The Morgan fingerprint density at radius 1 is 1.41 bits per heavy atom. The van der Waals surface area contributed by atoms with E-state index in [1.54, 1.807) is 17.5 Å². The van der Waals surface area contributed by atoms with Gasteiger partial charge in [0.2, 0.25) is 0 Å². The maximum atomic E-state index is 12.7. The molecular weight excluding hydrogens is 243 g/mol. The van der Waals surface area contributed by atoms with Crippen molar-refractivity contribution in [1.82, 2.24) is 4.98 Å². The molecule has 0 radical (unpaired) electrons. The Morgan fingerprint density at radius 2 is 2.12 bits per heavy atom. The molecule has 1 aromatic carbocycles. The number of carboxylic acid groups (broad SMARTS) is 1. The lowest BCUT2D eigenvalue weighted by atomic mass is 10.3. The van der Waals surface area contributed by atoms with Crippen molar-refractivity contribution in [1.29, 1.82) is 0 Å². The summed E-state index contributed by atoms with van der Waals surface area (Å²) >= 11 is 1.31. The Bertz CT molecular complexity index is 525. The van der Waals surface area contributed by atoms with Gasteiger partial charge in [0.1, 0.15) is 5.82 Å². The number of aliphatic carboxylic acids is 1. The van der Waals surface area contributed by atoms with Gasteiger partial charge in [-0.05, 0) is 24.3 Å². The third kappa shape index (κ3) is 3.25. The highest BCUT2D eigenvalue weighted by Crippen LogP contribution is 2.21. The van der Waals surface area contributed by atoms with Gasteiger partial charge in [-0.2, -0.15) is 0 Å². The van der Waals surface area contributed by atoms with Gasteiger partial charge in [0, 0.05) is 11.1 Å². The quantitative estimate of drug-likeness (QED) is 0.878. The molecule has 0 bridgehead atoms. The van der Waals surface area contributed by atoms with Crippen LogP contribution in [-0.2, 0) is 11.2 Å². The SMILES string of the molecule is O=C(O)Cc1csc(Nc2ccc(F)cc2)n1. The summed E-state index contributed by atoms with van der Waals surface area (Å²) in [6, 6.07) is 5.86. The minimum absolute atomic E-state index is 0.0956. The molecule has 0 aliphatic heterocycles. The minimum atomic E-state index is -0.913. The molecule has 2 aromatic rings. The van der Waals surface area contributed by atoms with Crippen LogP contribution in [-0.4, -0.2) is 16.1 Å². The summed E-state index contributed by atoms with van der Waals surface area (Å²) in [6.07, 6.45) is -0.0956. The first-order valence-corrected chi connectivity index (χ1v) is 5.70. The highest BCUT2D eigenvalue weighted by molar-refractivity contribution is 7.13. The zero-order valence-corrected chi connectivity index (χ0v) is 9.50. The van der Waals surface area contributed by atoms with Gasteiger partial charge >= 0.3 is 5.97 Å². The van der Waals surface area contributed by atoms with Crippen LogP contribution in [0.4, 0.5) is 15.2 Å². The summed E-state index contributed by atoms with van der Waals surface area (Å²) in [5.41, 5.74) is 1.22. The first-order chi connectivity index (χ1) is 8.13. The number of nitrogens with zero attached hydrogens (tertiary/aromatic N) is 1. The summed E-state index contributed by atoms with van der Waals surface area (Å²) < 4.78 is 12.7. The molecule has 0 aliphatic carbocycles. The van der Waals surface area contributed by atoms with E-state index in [1.807, 2.05) is 0 Å². The van der Waals surface area contributed by atoms with Crippen LogP contribution < -0.4 is 5.32 Å². The first kappa shape index (κ1) is 11.5. The van der Waals surface area contributed by atoms with Crippen molar-refractivity contribution in [3.05, 3.63) is 41.2 Å². The molecule has 0 unspecified atom stereocenters. The summed E-state index contributed by atoms with van der Waals surface area (Å²) in [5, 5.41) is 13.8. The first-order valence-electron chi connectivity index (χ1n) is 4.82. The van der Waals surface area contributed by atoms with Crippen molar-refractivity contribution in [2.24, 2.45) is 0 Å². The predicted octanol–water partition coefficient (Wildman–Crippen LogP) is 2.65. The second-order valence-corrected chi connectivity index (χ2v) is 4.20. The van der Waals surface area contributed by atoms with E-state index in [1.165, 1.54) is 23.5 Å². The standard InChI is InChI=1S/C11H9FN2O2S/c12-7-1-3-8(4-2-7)13-11-14-9(6-17-11)5-10(15)16/h1-4,6H,5H2,(H,13,14)(H,15,16). The Kier molecular flexibility index (Phi) is 3.34. The third-order valence-electron chi connectivity index (χ3n) is 1.98. The van der Waals surface area contributed by atoms with Crippen LogP contribution in [0.15, 0.2) is 29.6 Å². The van der Waals surface area contributed by atoms with Crippen LogP contribution in [0.5, 0.6) is 0 Å². The molecule has 0 aliphatic rings. The van der Waals surface area contributed by atoms with Crippen LogP contribution in [0.2, 0.25) is 0 Å². The largest absolute Gasteiger partial charge is 0.481 e. The number of hydrogen-bond donors (Lipinski definition) is 2. The third-order valence-corrected chi connectivity index (χ3v) is 2.79. The fourth-order valence-electron chi connectivity index (χ4n) is 1.26. The monoisotopic (exact) mass is 252 g/mol. The molecule has 0 saturated carbocycles. The van der Waals surface area contributed by atoms with E-state index in [4.69, 9.17) is 5.11 Å². The second-order valence-electron chi connectivity index (χ2n) is 3.35. The Labute approximate surface area is 101 Å². The van der Waals surface area contributed by atoms with Crippen LogP contribution >= 0.6 is 11.3 Å². The minimum Gasteiger partial charge on any atom is -0.481 e. The number of hydrogen-bond acceptors (Lipinski definition) is 4. The van der Waals surface area contributed by atoms with E-state index in [0.29, 0.717) is 16.5 Å². The number of benzene rings is 1. The molecule has 6 heteroatoms. The molecule has 1 heterocycles. The molecule has 0 saturated heterocycles. The van der Waals surface area contributed by atoms with Crippen molar-refractivity contribution < 1.29 is 14.3 Å². The number of carbonyl (C=O) groups is 1. The van der Waals surface area contributed by atoms with Gasteiger partial charge < -0.3 is 10.4 Å². The molecule has 88 valence electrons. The highest BCUT2D eigenvalue weighted by atomic mass is 32.1. The van der Waals surface area contributed by atoms with Crippen molar-refractivity contribution in [2.75, 3.05) is 5.32 Å². The predicted molar refractivity (Wildman–Crippen MR) is 63.1 cm³/mol. The molecule has 17 heavy (non-hydrogen) atoms. The van der Waals surface area contributed by atoms with Gasteiger partial charge in [-0.1, -0.05) is 0 Å². The van der Waals surface area contributed by atoms with Gasteiger partial charge in [-0.15, -0.1) is 11.3 Å². The Morgan fingerprint density at radius 3 is 2.76 bits per heavy atom. The number of halogens is 1. The molecule has 0 spiro atoms. The van der Waals surface area contributed by atoms with E-state index in [0.717, 1.165) is 0 Å². The van der Waals surface area contributed by atoms with Crippen molar-refractivity contribution >= 4 is 28.1 Å². The smallest absolute Gasteiger partial charge is 0.309 e. The average Bonchev–Trinajstić information content (AvgIpc) is 2.68. The zero-order valence-electron chi connectivity index (χ0n) is 8.68. The summed E-state index contributed by atoms with van der Waals surface area (Å²) in [4.78, 5) is 14.6. The lowest BCUT2D eigenvalue weighted by Gasteiger charge is -2.01. The van der Waals surface area contributed by atoms with E-state index in [-0.39, 0.29) is 12.2 Å². The molecule has 4 nitrogen and oxygen atoms in total. The van der Waals surface area contributed by atoms with Crippen molar-refractivity contribution in [3.8, 4) is 0 Å². The number of thiazole rings is 1. The number of anilines is 2. The highest BCUT2D eigenvalue weighted by Gasteiger charge is 2.06.